The van der Waals surface area contributed by atoms with Gasteiger partial charge in [0, 0.05) is 0 Å². The molecule has 12 heavy (non-hydrogen) atoms. The number of rotatable bonds is 3. The van der Waals surface area contributed by atoms with E-state index in [9.17, 15) is 0 Å². The Bertz CT molecular complexity index is 119. The van der Waals surface area contributed by atoms with Crippen molar-refractivity contribution in [3.63, 3.8) is 0 Å². The lowest BCUT2D eigenvalue weighted by molar-refractivity contribution is 0.321. The van der Waals surface area contributed by atoms with Gasteiger partial charge in [0.15, 0.2) is 0 Å². The van der Waals surface area contributed by atoms with E-state index in [2.05, 4.69) is 31.2 Å². The summed E-state index contributed by atoms with van der Waals surface area (Å²) in [5.41, 5.74) is 4.02. The molecule has 5 nitrogen and oxygen atoms in total. The fraction of sp³-hybridized carbons (Fsp3) is 1.00. The second-order valence-corrected chi connectivity index (χ2v) is 3.39. The summed E-state index contributed by atoms with van der Waals surface area (Å²) >= 11 is 0. The Morgan fingerprint density at radius 1 is 1.17 bits per heavy atom. The molecule has 0 aliphatic carbocycles. The van der Waals surface area contributed by atoms with Gasteiger partial charge in [0.25, 0.3) is 0 Å². The van der Waals surface area contributed by atoms with Crippen molar-refractivity contribution < 1.29 is 14.4 Å². The lowest BCUT2D eigenvalue weighted by atomic mass is 10.5. The Balaban J connectivity index is 0. The highest BCUT2D eigenvalue weighted by molar-refractivity contribution is 7.49. The van der Waals surface area contributed by atoms with E-state index in [4.69, 9.17) is 14.4 Å². The van der Waals surface area contributed by atoms with E-state index in [1.807, 2.05) is 0 Å². The van der Waals surface area contributed by atoms with Crippen LogP contribution in [0.15, 0.2) is 0 Å². The minimum atomic E-state index is -4.14. The Labute approximate surface area is 73.8 Å². The molecule has 0 aliphatic heterocycles. The third-order valence-electron chi connectivity index (χ3n) is 1.34. The maximum Gasteiger partial charge on any atom is 0.397 e. The predicted molar refractivity (Wildman–Crippen MR) is 49.7 cm³/mol. The van der Waals surface area contributed by atoms with E-state index in [-0.39, 0.29) is 0 Å². The van der Waals surface area contributed by atoms with Crippen molar-refractivity contribution in [2.24, 2.45) is 5.50 Å². The highest BCUT2D eigenvalue weighted by atomic mass is 31.2. The highest BCUT2D eigenvalue weighted by Crippen LogP contribution is 2.20. The highest BCUT2D eigenvalue weighted by Gasteiger charge is 1.96. The standard InChI is InChI=1S/C6H15N.H4NO3P/c1-4-7(5-2)6-3;1-5(2,3)4/h4-6H2,1-3H3;(H4,1,2,3,4). The Morgan fingerprint density at radius 3 is 1.33 bits per heavy atom. The lowest BCUT2D eigenvalue weighted by Gasteiger charge is -2.13. The smallest absolute Gasteiger partial charge is 0.313 e. The van der Waals surface area contributed by atoms with Crippen molar-refractivity contribution in [2.75, 3.05) is 19.6 Å². The van der Waals surface area contributed by atoms with Gasteiger partial charge < -0.3 is 14.7 Å². The van der Waals surface area contributed by atoms with Crippen molar-refractivity contribution in [1.29, 1.82) is 0 Å². The van der Waals surface area contributed by atoms with Gasteiger partial charge in [-0.3, -0.25) is 0 Å². The molecule has 0 heterocycles. The quantitative estimate of drug-likeness (QED) is 0.571. The Hall–Kier alpha value is 0.0700. The van der Waals surface area contributed by atoms with Crippen LogP contribution in [0.2, 0.25) is 0 Å². The van der Waals surface area contributed by atoms with Gasteiger partial charge in [0.1, 0.15) is 0 Å². The monoisotopic (exact) mass is 198 g/mol. The molecule has 0 radical (unpaired) electrons. The van der Waals surface area contributed by atoms with Crippen molar-refractivity contribution in [2.45, 2.75) is 20.8 Å². The number of hydrogen-bond donors (Lipinski definition) is 3. The van der Waals surface area contributed by atoms with Gasteiger partial charge in [-0.05, 0) is 19.6 Å². The second kappa shape index (κ2) is 7.71. The van der Waals surface area contributed by atoms with Crippen LogP contribution >= 0.6 is 7.75 Å². The number of hydrogen-bond acceptors (Lipinski definition) is 2. The molecule has 0 amide bonds. The molecule has 0 aromatic heterocycles. The summed E-state index contributed by atoms with van der Waals surface area (Å²) in [5, 5.41) is 0. The molecule has 0 aromatic carbocycles. The normalized spacial score (nSPS) is 10.9. The molecule has 76 valence electrons. The second-order valence-electron chi connectivity index (χ2n) is 2.21. The molecule has 0 aliphatic rings. The third-order valence-corrected chi connectivity index (χ3v) is 1.34. The Kier molecular flexibility index (Phi) is 9.37. The van der Waals surface area contributed by atoms with Crippen LogP contribution in [0.4, 0.5) is 0 Å². The molecule has 0 bridgehead atoms. The first kappa shape index (κ1) is 14.6. The van der Waals surface area contributed by atoms with Crippen LogP contribution in [0.25, 0.3) is 0 Å². The van der Waals surface area contributed by atoms with Gasteiger partial charge in [0.05, 0.1) is 0 Å². The van der Waals surface area contributed by atoms with Crippen molar-refractivity contribution in [1.82, 2.24) is 4.90 Å². The van der Waals surface area contributed by atoms with Crippen LogP contribution in [0.5, 0.6) is 0 Å². The van der Waals surface area contributed by atoms with Crippen LogP contribution < -0.4 is 5.50 Å². The SMILES string of the molecule is CCN(CC)CC.NP(=O)(O)O. The molecule has 0 saturated carbocycles. The van der Waals surface area contributed by atoms with E-state index in [1.54, 1.807) is 0 Å². The topological polar surface area (TPSA) is 86.8 Å². The zero-order valence-electron chi connectivity index (χ0n) is 7.90. The molecule has 0 saturated heterocycles. The van der Waals surface area contributed by atoms with E-state index in [1.165, 1.54) is 19.6 Å². The first-order valence-corrected chi connectivity index (χ1v) is 5.59. The molecule has 0 aromatic rings. The fourth-order valence-electron chi connectivity index (χ4n) is 0.671. The maximum atomic E-state index is 9.10. The zero-order chi connectivity index (χ0) is 10.2. The molecular formula is C6H19N2O3P. The van der Waals surface area contributed by atoms with Gasteiger partial charge in [0.2, 0.25) is 0 Å². The molecule has 0 fully saturated rings. The summed E-state index contributed by atoms with van der Waals surface area (Å²) in [6.07, 6.45) is 0. The van der Waals surface area contributed by atoms with Crippen LogP contribution in [0, 0.1) is 0 Å². The maximum absolute atomic E-state index is 9.10. The third kappa shape index (κ3) is 22.5. The van der Waals surface area contributed by atoms with E-state index in [0.29, 0.717) is 0 Å². The largest absolute Gasteiger partial charge is 0.397 e. The van der Waals surface area contributed by atoms with E-state index in [0.717, 1.165) is 0 Å². The van der Waals surface area contributed by atoms with Crippen molar-refractivity contribution in [3.05, 3.63) is 0 Å². The fourth-order valence-corrected chi connectivity index (χ4v) is 0.671. The van der Waals surface area contributed by atoms with Gasteiger partial charge in [-0.25, -0.2) is 10.1 Å². The predicted octanol–water partition coefficient (Wildman–Crippen LogP) is 0.386. The summed E-state index contributed by atoms with van der Waals surface area (Å²) in [4.78, 5) is 17.2. The first-order chi connectivity index (χ1) is 5.35. The van der Waals surface area contributed by atoms with Crippen LogP contribution in [-0.4, -0.2) is 34.3 Å². The number of nitrogens with zero attached hydrogens (tertiary/aromatic N) is 1. The summed E-state index contributed by atoms with van der Waals surface area (Å²) < 4.78 is 9.10. The van der Waals surface area contributed by atoms with Gasteiger partial charge in [-0.15, -0.1) is 0 Å². The van der Waals surface area contributed by atoms with Crippen molar-refractivity contribution in [3.8, 4) is 0 Å². The number of nitrogens with two attached hydrogens (primary N) is 1. The van der Waals surface area contributed by atoms with E-state index < -0.39 is 7.75 Å². The molecule has 0 atom stereocenters. The molecule has 0 rings (SSSR count). The van der Waals surface area contributed by atoms with Crippen molar-refractivity contribution >= 4 is 7.75 Å². The molecule has 4 N–H and O–H groups in total. The zero-order valence-corrected chi connectivity index (χ0v) is 8.79. The molecular weight excluding hydrogens is 179 g/mol. The van der Waals surface area contributed by atoms with Gasteiger partial charge >= 0.3 is 7.75 Å². The molecule has 6 heteroatoms. The molecule has 0 unspecified atom stereocenters. The van der Waals surface area contributed by atoms with Crippen LogP contribution in [0.1, 0.15) is 20.8 Å². The Morgan fingerprint density at radius 2 is 1.33 bits per heavy atom. The lowest BCUT2D eigenvalue weighted by Crippen LogP contribution is -2.21. The van der Waals surface area contributed by atoms with Gasteiger partial charge in [-0.1, -0.05) is 20.8 Å². The average Bonchev–Trinajstić information content (AvgIpc) is 1.88. The summed E-state index contributed by atoms with van der Waals surface area (Å²) in [6, 6.07) is 0. The van der Waals surface area contributed by atoms with Gasteiger partial charge in [-0.2, -0.15) is 0 Å². The minimum Gasteiger partial charge on any atom is -0.313 e. The summed E-state index contributed by atoms with van der Waals surface area (Å²) in [5.74, 6) is 0. The summed E-state index contributed by atoms with van der Waals surface area (Å²) in [6.45, 7) is 10.1. The van der Waals surface area contributed by atoms with Crippen LogP contribution in [-0.2, 0) is 4.57 Å². The minimum absolute atomic E-state index is 1.19. The summed E-state index contributed by atoms with van der Waals surface area (Å²) in [7, 11) is -4.14. The van der Waals surface area contributed by atoms with Crippen LogP contribution in [0.3, 0.4) is 0 Å². The van der Waals surface area contributed by atoms with E-state index >= 15 is 0 Å². The molecule has 0 spiro atoms. The first-order valence-electron chi connectivity index (χ1n) is 3.91. The average molecular weight is 198 g/mol.